The number of nitrogens with zero attached hydrogens (tertiary/aromatic N) is 1. The highest BCUT2D eigenvalue weighted by Crippen LogP contribution is 2.21. The van der Waals surface area contributed by atoms with Gasteiger partial charge in [0.1, 0.15) is 11.5 Å². The molecule has 2 rings (SSSR count). The number of alkyl halides is 3. The van der Waals surface area contributed by atoms with Crippen molar-refractivity contribution < 1.29 is 27.5 Å². The molecule has 1 aromatic heterocycles. The molecule has 8 heteroatoms. The molecule has 1 unspecified atom stereocenters. The van der Waals surface area contributed by atoms with E-state index in [1.54, 1.807) is 25.1 Å². The Kier molecular flexibility index (Phi) is 7.36. The van der Waals surface area contributed by atoms with E-state index in [0.29, 0.717) is 5.69 Å². The largest absolute Gasteiger partial charge is 0.493 e. The van der Waals surface area contributed by atoms with Gasteiger partial charge in [0.05, 0.1) is 19.1 Å². The van der Waals surface area contributed by atoms with Crippen molar-refractivity contribution in [2.45, 2.75) is 45.8 Å². The molecule has 0 radical (unpaired) electrons. The summed E-state index contributed by atoms with van der Waals surface area (Å²) < 4.78 is 41.8. The molecule has 29 heavy (non-hydrogen) atoms. The number of halogens is 3. The van der Waals surface area contributed by atoms with E-state index in [4.69, 9.17) is 4.74 Å². The number of hydrogen-bond donors (Lipinski definition) is 1. The van der Waals surface area contributed by atoms with Crippen LogP contribution in [0.5, 0.6) is 5.75 Å². The summed E-state index contributed by atoms with van der Waals surface area (Å²) in [5.74, 6) is -0.201. The zero-order valence-electron chi connectivity index (χ0n) is 16.5. The fraction of sp³-hybridized carbons (Fsp3) is 0.381. The first-order valence-electron chi connectivity index (χ1n) is 9.11. The summed E-state index contributed by atoms with van der Waals surface area (Å²) in [4.78, 5) is 28.2. The number of ether oxygens (including phenoxy) is 1. The second-order valence-corrected chi connectivity index (χ2v) is 6.85. The van der Waals surface area contributed by atoms with Crippen LogP contribution in [0.15, 0.2) is 36.4 Å². The Labute approximate surface area is 167 Å². The lowest BCUT2D eigenvalue weighted by Gasteiger charge is -2.16. The van der Waals surface area contributed by atoms with E-state index in [0.717, 1.165) is 11.3 Å². The molecule has 0 aliphatic heterocycles. The number of aryl methyl sites for hydroxylation is 1. The number of ketones is 1. The van der Waals surface area contributed by atoms with Gasteiger partial charge in [-0.2, -0.15) is 13.2 Å². The van der Waals surface area contributed by atoms with Crippen LogP contribution in [-0.2, 0) is 11.2 Å². The molecule has 1 heterocycles. The van der Waals surface area contributed by atoms with E-state index < -0.39 is 19.2 Å². The van der Waals surface area contributed by atoms with Gasteiger partial charge in [0, 0.05) is 23.4 Å². The predicted octanol–water partition coefficient (Wildman–Crippen LogP) is 4.34. The summed E-state index contributed by atoms with van der Waals surface area (Å²) in [5, 5.41) is 2.84. The fourth-order valence-corrected chi connectivity index (χ4v) is 2.74. The molecular weight excluding hydrogens is 385 g/mol. The van der Waals surface area contributed by atoms with E-state index in [-0.39, 0.29) is 35.5 Å². The highest BCUT2D eigenvalue weighted by atomic mass is 19.4. The Morgan fingerprint density at radius 1 is 1.21 bits per heavy atom. The lowest BCUT2D eigenvalue weighted by molar-refractivity contribution is -0.139. The van der Waals surface area contributed by atoms with Crippen LogP contribution in [-0.4, -0.2) is 29.5 Å². The fourth-order valence-electron chi connectivity index (χ4n) is 2.74. The molecule has 0 fully saturated rings. The summed E-state index contributed by atoms with van der Waals surface area (Å²) in [6.07, 6.45) is -5.15. The molecular formula is C21H23F3N2O3. The van der Waals surface area contributed by atoms with Crippen LogP contribution < -0.4 is 10.1 Å². The second-order valence-electron chi connectivity index (χ2n) is 6.85. The average Bonchev–Trinajstić information content (AvgIpc) is 2.59. The molecule has 5 nitrogen and oxygen atoms in total. The van der Waals surface area contributed by atoms with Crippen molar-refractivity contribution in [3.63, 3.8) is 0 Å². The van der Waals surface area contributed by atoms with Gasteiger partial charge in [-0.25, -0.2) is 0 Å². The van der Waals surface area contributed by atoms with E-state index in [9.17, 15) is 22.8 Å². The van der Waals surface area contributed by atoms with Crippen LogP contribution in [0.2, 0.25) is 0 Å². The summed E-state index contributed by atoms with van der Waals surface area (Å²) in [6.45, 7) is 4.58. The highest BCUT2D eigenvalue weighted by molar-refractivity contribution is 5.94. The SMILES string of the molecule is CC(=O)Cc1cc(C(C)NC(=O)c2cccc(OCCC(F)(F)F)c2)cc(C)n1. The number of nitrogens with one attached hydrogen (secondary N) is 1. The number of aromatic nitrogens is 1. The second kappa shape index (κ2) is 9.54. The number of amides is 1. The molecule has 1 N–H and O–H groups in total. The van der Waals surface area contributed by atoms with E-state index in [1.807, 2.05) is 13.0 Å². The number of rotatable bonds is 8. The minimum Gasteiger partial charge on any atom is -0.493 e. The van der Waals surface area contributed by atoms with Crippen LogP contribution in [0.4, 0.5) is 13.2 Å². The van der Waals surface area contributed by atoms with Crippen molar-refractivity contribution in [3.8, 4) is 5.75 Å². The van der Waals surface area contributed by atoms with E-state index in [2.05, 4.69) is 10.3 Å². The molecule has 0 saturated carbocycles. The van der Waals surface area contributed by atoms with Crippen LogP contribution in [0.3, 0.4) is 0 Å². The summed E-state index contributed by atoms with van der Waals surface area (Å²) >= 11 is 0. The van der Waals surface area contributed by atoms with Crippen LogP contribution in [0.1, 0.15) is 53.6 Å². The van der Waals surface area contributed by atoms with Gasteiger partial charge in [-0.1, -0.05) is 6.07 Å². The lowest BCUT2D eigenvalue weighted by atomic mass is 10.0. The number of hydrogen-bond acceptors (Lipinski definition) is 4. The average molecular weight is 408 g/mol. The van der Waals surface area contributed by atoms with Crippen LogP contribution in [0.25, 0.3) is 0 Å². The Morgan fingerprint density at radius 3 is 2.59 bits per heavy atom. The summed E-state index contributed by atoms with van der Waals surface area (Å²) in [5.41, 5.74) is 2.45. The van der Waals surface area contributed by atoms with Gasteiger partial charge >= 0.3 is 6.18 Å². The minimum atomic E-state index is -4.30. The number of benzene rings is 1. The van der Waals surface area contributed by atoms with E-state index >= 15 is 0 Å². The van der Waals surface area contributed by atoms with Gasteiger partial charge in [-0.05, 0) is 56.7 Å². The van der Waals surface area contributed by atoms with E-state index in [1.165, 1.54) is 19.1 Å². The van der Waals surface area contributed by atoms with Crippen molar-refractivity contribution >= 4 is 11.7 Å². The molecule has 156 valence electrons. The normalized spacial score (nSPS) is 12.3. The number of Topliss-reactive ketones (excluding diaryl/α,β-unsaturated/α-hetero) is 1. The maximum atomic E-state index is 12.5. The number of carbonyl (C=O) groups excluding carboxylic acids is 2. The molecule has 0 aliphatic rings. The molecule has 0 saturated heterocycles. The molecule has 0 bridgehead atoms. The van der Waals surface area contributed by atoms with Crippen molar-refractivity contribution in [1.82, 2.24) is 10.3 Å². The minimum absolute atomic E-state index is 0.00641. The van der Waals surface area contributed by atoms with Gasteiger partial charge in [0.2, 0.25) is 0 Å². The van der Waals surface area contributed by atoms with Crippen LogP contribution in [0, 0.1) is 6.92 Å². The zero-order valence-corrected chi connectivity index (χ0v) is 16.5. The third-order valence-corrected chi connectivity index (χ3v) is 4.06. The predicted molar refractivity (Wildman–Crippen MR) is 102 cm³/mol. The smallest absolute Gasteiger partial charge is 0.392 e. The molecule has 2 aromatic rings. The lowest BCUT2D eigenvalue weighted by Crippen LogP contribution is -2.27. The topological polar surface area (TPSA) is 68.3 Å². The summed E-state index contributed by atoms with van der Waals surface area (Å²) in [6, 6.07) is 9.24. The zero-order chi connectivity index (χ0) is 21.6. The quantitative estimate of drug-likeness (QED) is 0.705. The van der Waals surface area contributed by atoms with Crippen LogP contribution >= 0.6 is 0 Å². The molecule has 1 amide bonds. The van der Waals surface area contributed by atoms with Gasteiger partial charge < -0.3 is 10.1 Å². The first-order chi connectivity index (χ1) is 13.5. The third-order valence-electron chi connectivity index (χ3n) is 4.06. The molecule has 1 atom stereocenters. The first-order valence-corrected chi connectivity index (χ1v) is 9.11. The highest BCUT2D eigenvalue weighted by Gasteiger charge is 2.26. The number of carbonyl (C=O) groups is 2. The number of pyridine rings is 1. The van der Waals surface area contributed by atoms with Gasteiger partial charge in [0.25, 0.3) is 5.91 Å². The maximum Gasteiger partial charge on any atom is 0.392 e. The Bertz CT molecular complexity index is 882. The molecule has 0 aliphatic carbocycles. The first kappa shape index (κ1) is 22.4. The standard InChI is InChI=1S/C21H23F3N2O3/c1-13-9-17(11-18(25-13)10-14(2)27)15(3)26-20(28)16-5-4-6-19(12-16)29-8-7-21(22,23)24/h4-6,9,11-12,15H,7-8,10H2,1-3H3,(H,26,28). The Morgan fingerprint density at radius 2 is 1.93 bits per heavy atom. The van der Waals surface area contributed by atoms with Gasteiger partial charge in [-0.15, -0.1) is 0 Å². The summed E-state index contributed by atoms with van der Waals surface area (Å²) in [7, 11) is 0. The van der Waals surface area contributed by atoms with Gasteiger partial charge in [-0.3, -0.25) is 14.6 Å². The van der Waals surface area contributed by atoms with Crippen molar-refractivity contribution in [2.75, 3.05) is 6.61 Å². The Hall–Kier alpha value is -2.90. The van der Waals surface area contributed by atoms with Crippen molar-refractivity contribution in [3.05, 3.63) is 58.9 Å². The Balaban J connectivity index is 2.05. The van der Waals surface area contributed by atoms with Crippen molar-refractivity contribution in [2.24, 2.45) is 0 Å². The van der Waals surface area contributed by atoms with Crippen molar-refractivity contribution in [1.29, 1.82) is 0 Å². The monoisotopic (exact) mass is 408 g/mol. The van der Waals surface area contributed by atoms with Gasteiger partial charge in [0.15, 0.2) is 0 Å². The maximum absolute atomic E-state index is 12.5. The third kappa shape index (κ3) is 7.56. The molecule has 0 spiro atoms. The molecule has 1 aromatic carbocycles.